The first kappa shape index (κ1) is 14.8. The first-order valence-electron chi connectivity index (χ1n) is 6.13. The Labute approximate surface area is 141 Å². The predicted octanol–water partition coefficient (Wildman–Crippen LogP) is 4.87. The van der Waals surface area contributed by atoms with Gasteiger partial charge in [0.25, 0.3) is 5.91 Å². The Hall–Kier alpha value is -1.14. The number of hydrogen-bond acceptors (Lipinski definition) is 4. The van der Waals surface area contributed by atoms with Crippen LogP contribution in [0.25, 0.3) is 17.2 Å². The van der Waals surface area contributed by atoms with Crippen molar-refractivity contribution in [2.45, 2.75) is 6.92 Å². The number of amides is 1. The molecular formula is C15H10ClNOS3. The second-order valence-corrected chi connectivity index (χ2v) is 7.65. The lowest BCUT2D eigenvalue weighted by Gasteiger charge is -2.03. The minimum absolute atomic E-state index is 0.123. The Bertz CT molecular complexity index is 779. The minimum Gasteiger partial charge on any atom is -0.307 e. The van der Waals surface area contributed by atoms with Crippen LogP contribution in [0.4, 0.5) is 0 Å². The number of nitrogens with one attached hydrogen (secondary N) is 1. The molecule has 0 atom stereocenters. The molecule has 106 valence electrons. The van der Waals surface area contributed by atoms with Crippen LogP contribution in [0.2, 0.25) is 5.02 Å². The smallest absolute Gasteiger partial charge is 0.263 e. The van der Waals surface area contributed by atoms with Crippen LogP contribution in [-0.4, -0.2) is 10.2 Å². The van der Waals surface area contributed by atoms with E-state index < -0.39 is 0 Å². The topological polar surface area (TPSA) is 29.1 Å². The maximum absolute atomic E-state index is 11.7. The van der Waals surface area contributed by atoms with E-state index in [1.54, 1.807) is 11.3 Å². The third-order valence-corrected chi connectivity index (χ3v) is 5.31. The SMILES string of the molecule is Cc1cc(Cl)ccc1-c1csc(C=C2SC(=S)NC2=O)c1. The number of carbonyl (C=O) groups is 1. The zero-order chi connectivity index (χ0) is 15.0. The molecule has 1 aliphatic heterocycles. The number of thioether (sulfide) groups is 1. The van der Waals surface area contributed by atoms with E-state index in [1.165, 1.54) is 11.8 Å². The van der Waals surface area contributed by atoms with Crippen molar-refractivity contribution in [3.63, 3.8) is 0 Å². The van der Waals surface area contributed by atoms with Gasteiger partial charge in [0.1, 0.15) is 4.32 Å². The van der Waals surface area contributed by atoms with Crippen molar-refractivity contribution in [1.82, 2.24) is 5.32 Å². The van der Waals surface area contributed by atoms with Gasteiger partial charge in [0.05, 0.1) is 4.91 Å². The summed E-state index contributed by atoms with van der Waals surface area (Å²) in [6, 6.07) is 7.93. The lowest BCUT2D eigenvalue weighted by Crippen LogP contribution is -2.17. The Morgan fingerprint density at radius 1 is 1.33 bits per heavy atom. The van der Waals surface area contributed by atoms with Crippen LogP contribution >= 0.6 is 46.9 Å². The first-order chi connectivity index (χ1) is 10.0. The quantitative estimate of drug-likeness (QED) is 0.618. The maximum Gasteiger partial charge on any atom is 0.263 e. The molecule has 1 amide bonds. The summed E-state index contributed by atoms with van der Waals surface area (Å²) in [7, 11) is 0. The second-order valence-electron chi connectivity index (χ2n) is 4.55. The highest BCUT2D eigenvalue weighted by atomic mass is 35.5. The Kier molecular flexibility index (Phi) is 4.17. The summed E-state index contributed by atoms with van der Waals surface area (Å²) >= 11 is 13.9. The third kappa shape index (κ3) is 3.21. The molecule has 0 aliphatic carbocycles. The first-order valence-corrected chi connectivity index (χ1v) is 8.61. The van der Waals surface area contributed by atoms with Crippen molar-refractivity contribution in [1.29, 1.82) is 0 Å². The molecule has 2 nitrogen and oxygen atoms in total. The molecule has 21 heavy (non-hydrogen) atoms. The van der Waals surface area contributed by atoms with E-state index >= 15 is 0 Å². The van der Waals surface area contributed by atoms with Gasteiger partial charge in [-0.1, -0.05) is 41.6 Å². The number of carbonyl (C=O) groups excluding carboxylic acids is 1. The normalized spacial score (nSPS) is 16.6. The van der Waals surface area contributed by atoms with E-state index in [1.807, 2.05) is 31.2 Å². The number of thiocarbonyl (C=S) groups is 1. The molecule has 6 heteroatoms. The summed E-state index contributed by atoms with van der Waals surface area (Å²) < 4.78 is 0.511. The van der Waals surface area contributed by atoms with Crippen molar-refractivity contribution in [2.75, 3.05) is 0 Å². The monoisotopic (exact) mass is 351 g/mol. The van der Waals surface area contributed by atoms with Gasteiger partial charge in [0.2, 0.25) is 0 Å². The molecule has 0 spiro atoms. The van der Waals surface area contributed by atoms with E-state index in [2.05, 4.69) is 16.8 Å². The number of aryl methyl sites for hydroxylation is 1. The van der Waals surface area contributed by atoms with Crippen LogP contribution < -0.4 is 5.32 Å². The highest BCUT2D eigenvalue weighted by molar-refractivity contribution is 8.26. The largest absolute Gasteiger partial charge is 0.307 e. The Morgan fingerprint density at radius 3 is 2.81 bits per heavy atom. The van der Waals surface area contributed by atoms with E-state index in [9.17, 15) is 4.79 Å². The molecule has 1 aromatic heterocycles. The molecule has 1 aliphatic rings. The van der Waals surface area contributed by atoms with Gasteiger partial charge < -0.3 is 5.32 Å². The summed E-state index contributed by atoms with van der Waals surface area (Å²) in [5.41, 5.74) is 3.42. The fourth-order valence-corrected chi connectivity index (χ4v) is 4.25. The lowest BCUT2D eigenvalue weighted by molar-refractivity contribution is -0.115. The zero-order valence-electron chi connectivity index (χ0n) is 11.0. The number of hydrogen-bond donors (Lipinski definition) is 1. The van der Waals surface area contributed by atoms with Gasteiger partial charge in [0.15, 0.2) is 0 Å². The number of rotatable bonds is 2. The van der Waals surface area contributed by atoms with Gasteiger partial charge >= 0.3 is 0 Å². The van der Waals surface area contributed by atoms with Gasteiger partial charge in [-0.2, -0.15) is 0 Å². The molecular weight excluding hydrogens is 342 g/mol. The van der Waals surface area contributed by atoms with Crippen LogP contribution in [0, 0.1) is 6.92 Å². The Morgan fingerprint density at radius 2 is 2.14 bits per heavy atom. The van der Waals surface area contributed by atoms with Gasteiger partial charge in [-0.25, -0.2) is 0 Å². The highest BCUT2D eigenvalue weighted by Crippen LogP contribution is 2.33. The van der Waals surface area contributed by atoms with Crippen molar-refractivity contribution in [3.8, 4) is 11.1 Å². The number of thiophene rings is 1. The average molecular weight is 352 g/mol. The van der Waals surface area contributed by atoms with Crippen molar-refractivity contribution in [2.24, 2.45) is 0 Å². The van der Waals surface area contributed by atoms with Crippen LogP contribution in [0.15, 0.2) is 34.6 Å². The predicted molar refractivity (Wildman–Crippen MR) is 95.8 cm³/mol. The molecule has 3 rings (SSSR count). The van der Waals surface area contributed by atoms with E-state index in [4.69, 9.17) is 23.8 Å². The van der Waals surface area contributed by atoms with Gasteiger partial charge in [0, 0.05) is 9.90 Å². The summed E-state index contributed by atoms with van der Waals surface area (Å²) in [5, 5.41) is 5.44. The standard InChI is InChI=1S/C15H10ClNOS3/c1-8-4-10(16)2-3-12(8)9-5-11(20-7-9)6-13-14(18)17-15(19)21-13/h2-7H,1H3,(H,17,18,19). The molecule has 1 N–H and O–H groups in total. The van der Waals surface area contributed by atoms with Gasteiger partial charge in [-0.3, -0.25) is 4.79 Å². The van der Waals surface area contributed by atoms with Crippen LogP contribution in [-0.2, 0) is 4.79 Å². The highest BCUT2D eigenvalue weighted by Gasteiger charge is 2.22. The summed E-state index contributed by atoms with van der Waals surface area (Å²) in [5.74, 6) is -0.123. The van der Waals surface area contributed by atoms with Gasteiger partial charge in [-0.15, -0.1) is 11.3 Å². The summed E-state index contributed by atoms with van der Waals surface area (Å²) in [6.07, 6.45) is 1.87. The lowest BCUT2D eigenvalue weighted by atomic mass is 10.0. The van der Waals surface area contributed by atoms with E-state index in [-0.39, 0.29) is 5.91 Å². The van der Waals surface area contributed by atoms with Crippen molar-refractivity contribution >= 4 is 63.2 Å². The minimum atomic E-state index is -0.123. The molecule has 1 saturated heterocycles. The molecule has 1 fully saturated rings. The Balaban J connectivity index is 1.92. The van der Waals surface area contributed by atoms with E-state index in [0.29, 0.717) is 9.23 Å². The number of benzene rings is 1. The molecule has 0 unspecified atom stereocenters. The van der Waals surface area contributed by atoms with Crippen LogP contribution in [0.1, 0.15) is 10.4 Å². The molecule has 2 heterocycles. The molecule has 0 saturated carbocycles. The molecule has 0 bridgehead atoms. The second kappa shape index (κ2) is 5.93. The number of halogens is 1. The van der Waals surface area contributed by atoms with Gasteiger partial charge in [-0.05, 0) is 53.3 Å². The third-order valence-electron chi connectivity index (χ3n) is 3.03. The van der Waals surface area contributed by atoms with Crippen molar-refractivity contribution in [3.05, 3.63) is 50.0 Å². The van der Waals surface area contributed by atoms with Crippen molar-refractivity contribution < 1.29 is 4.79 Å². The molecule has 0 radical (unpaired) electrons. The maximum atomic E-state index is 11.7. The zero-order valence-corrected chi connectivity index (χ0v) is 14.2. The summed E-state index contributed by atoms with van der Waals surface area (Å²) in [4.78, 5) is 13.3. The fourth-order valence-electron chi connectivity index (χ4n) is 2.07. The fraction of sp³-hybridized carbons (Fsp3) is 0.0667. The average Bonchev–Trinajstić information content (AvgIpc) is 2.97. The molecule has 1 aromatic carbocycles. The summed E-state index contributed by atoms with van der Waals surface area (Å²) in [6.45, 7) is 2.04. The van der Waals surface area contributed by atoms with E-state index in [0.717, 1.165) is 26.6 Å². The van der Waals surface area contributed by atoms with Crippen LogP contribution in [0.3, 0.4) is 0 Å². The molecule has 2 aromatic rings. The van der Waals surface area contributed by atoms with Crippen LogP contribution in [0.5, 0.6) is 0 Å².